The molecule has 1 atom stereocenters. The second-order valence-electron chi connectivity index (χ2n) is 4.84. The second-order valence-corrected chi connectivity index (χ2v) is 4.84. The zero-order valence-corrected chi connectivity index (χ0v) is 11.0. The van der Waals surface area contributed by atoms with Crippen LogP contribution in [0.25, 0.3) is 0 Å². The van der Waals surface area contributed by atoms with E-state index >= 15 is 0 Å². The SMILES string of the molecule is Oc1ccc(C(F)(F)F)cc1[C@H](C(F)F)N1CCNCC1. The molecule has 3 nitrogen and oxygen atoms in total. The van der Waals surface area contributed by atoms with Gasteiger partial charge in [-0.3, -0.25) is 4.90 Å². The van der Waals surface area contributed by atoms with Crippen molar-refractivity contribution in [1.29, 1.82) is 0 Å². The number of rotatable bonds is 3. The second kappa shape index (κ2) is 6.15. The number of phenols is 1. The van der Waals surface area contributed by atoms with Crippen molar-refractivity contribution >= 4 is 0 Å². The molecule has 0 aromatic heterocycles. The van der Waals surface area contributed by atoms with E-state index in [2.05, 4.69) is 5.32 Å². The molecular formula is C13H15F5N2O. The number of nitrogens with one attached hydrogen (secondary N) is 1. The zero-order valence-electron chi connectivity index (χ0n) is 11.0. The lowest BCUT2D eigenvalue weighted by atomic mass is 10.0. The molecule has 2 rings (SSSR count). The van der Waals surface area contributed by atoms with E-state index in [4.69, 9.17) is 0 Å². The number of aromatic hydroxyl groups is 1. The summed E-state index contributed by atoms with van der Waals surface area (Å²) in [6, 6.07) is 0.553. The van der Waals surface area contributed by atoms with Crippen LogP contribution in [0, 0.1) is 0 Å². The maximum absolute atomic E-state index is 13.3. The van der Waals surface area contributed by atoms with E-state index in [0.717, 1.165) is 6.07 Å². The fourth-order valence-electron chi connectivity index (χ4n) is 2.42. The van der Waals surface area contributed by atoms with Crippen LogP contribution in [0.5, 0.6) is 5.75 Å². The summed E-state index contributed by atoms with van der Waals surface area (Å²) in [5.74, 6) is -0.549. The van der Waals surface area contributed by atoms with Gasteiger partial charge < -0.3 is 10.4 Å². The molecule has 1 aromatic rings. The molecule has 118 valence electrons. The first-order valence-electron chi connectivity index (χ1n) is 6.43. The molecule has 0 radical (unpaired) electrons. The van der Waals surface area contributed by atoms with Crippen LogP contribution in [0.4, 0.5) is 22.0 Å². The van der Waals surface area contributed by atoms with E-state index in [0.29, 0.717) is 25.2 Å². The van der Waals surface area contributed by atoms with E-state index in [1.165, 1.54) is 4.90 Å². The number of benzene rings is 1. The highest BCUT2D eigenvalue weighted by atomic mass is 19.4. The lowest BCUT2D eigenvalue weighted by Gasteiger charge is -2.35. The van der Waals surface area contributed by atoms with E-state index in [-0.39, 0.29) is 18.7 Å². The Morgan fingerprint density at radius 1 is 1.14 bits per heavy atom. The van der Waals surface area contributed by atoms with Gasteiger partial charge in [-0.25, -0.2) is 8.78 Å². The number of alkyl halides is 5. The van der Waals surface area contributed by atoms with Crippen molar-refractivity contribution in [2.24, 2.45) is 0 Å². The highest BCUT2D eigenvalue weighted by molar-refractivity contribution is 5.40. The van der Waals surface area contributed by atoms with Crippen LogP contribution in [-0.2, 0) is 6.18 Å². The van der Waals surface area contributed by atoms with Crippen LogP contribution < -0.4 is 5.32 Å². The van der Waals surface area contributed by atoms with Crippen LogP contribution in [0.1, 0.15) is 17.2 Å². The van der Waals surface area contributed by atoms with Gasteiger partial charge in [0.15, 0.2) is 0 Å². The predicted octanol–water partition coefficient (Wildman–Crippen LogP) is 2.62. The van der Waals surface area contributed by atoms with Crippen LogP contribution in [-0.4, -0.2) is 42.6 Å². The zero-order chi connectivity index (χ0) is 15.6. The topological polar surface area (TPSA) is 35.5 Å². The van der Waals surface area contributed by atoms with Gasteiger partial charge in [-0.15, -0.1) is 0 Å². The summed E-state index contributed by atoms with van der Waals surface area (Å²) in [7, 11) is 0. The third-order valence-corrected chi connectivity index (χ3v) is 3.46. The molecule has 1 heterocycles. The van der Waals surface area contributed by atoms with Crippen molar-refractivity contribution in [2.45, 2.75) is 18.6 Å². The van der Waals surface area contributed by atoms with Crippen molar-refractivity contribution < 1.29 is 27.1 Å². The molecule has 1 saturated heterocycles. The molecule has 1 aliphatic rings. The average molecular weight is 310 g/mol. The Balaban J connectivity index is 2.39. The van der Waals surface area contributed by atoms with Crippen LogP contribution in [0.2, 0.25) is 0 Å². The molecule has 8 heteroatoms. The molecule has 0 unspecified atom stereocenters. The van der Waals surface area contributed by atoms with Gasteiger partial charge >= 0.3 is 6.18 Å². The van der Waals surface area contributed by atoms with Gasteiger partial charge in [-0.2, -0.15) is 13.2 Å². The largest absolute Gasteiger partial charge is 0.508 e. The minimum absolute atomic E-state index is 0.282. The highest BCUT2D eigenvalue weighted by Gasteiger charge is 2.36. The summed E-state index contributed by atoms with van der Waals surface area (Å²) in [6.45, 7) is 1.52. The molecule has 1 fully saturated rings. The number of halogens is 5. The predicted molar refractivity (Wildman–Crippen MR) is 66.3 cm³/mol. The van der Waals surface area contributed by atoms with Gasteiger partial charge in [-0.05, 0) is 18.2 Å². The summed E-state index contributed by atoms with van der Waals surface area (Å²) >= 11 is 0. The fraction of sp³-hybridized carbons (Fsp3) is 0.538. The van der Waals surface area contributed by atoms with E-state index in [1.807, 2.05) is 0 Å². The molecule has 1 aromatic carbocycles. The van der Waals surface area contributed by atoms with Crippen molar-refractivity contribution in [3.05, 3.63) is 29.3 Å². The maximum atomic E-state index is 13.3. The number of hydrogen-bond donors (Lipinski definition) is 2. The Morgan fingerprint density at radius 3 is 2.29 bits per heavy atom. The van der Waals surface area contributed by atoms with Crippen LogP contribution >= 0.6 is 0 Å². The van der Waals surface area contributed by atoms with Gasteiger partial charge in [0.1, 0.15) is 11.8 Å². The summed E-state index contributed by atoms with van der Waals surface area (Å²) in [6.07, 6.45) is -7.53. The summed E-state index contributed by atoms with van der Waals surface area (Å²) in [5, 5.41) is 12.7. The Morgan fingerprint density at radius 2 is 1.76 bits per heavy atom. The third kappa shape index (κ3) is 3.62. The van der Waals surface area contributed by atoms with Crippen LogP contribution in [0.3, 0.4) is 0 Å². The number of hydrogen-bond acceptors (Lipinski definition) is 3. The van der Waals surface area contributed by atoms with Crippen LogP contribution in [0.15, 0.2) is 18.2 Å². The van der Waals surface area contributed by atoms with Gasteiger partial charge in [0.25, 0.3) is 6.43 Å². The summed E-state index contributed by atoms with van der Waals surface area (Å²) < 4.78 is 64.8. The van der Waals surface area contributed by atoms with E-state index in [1.54, 1.807) is 0 Å². The molecule has 21 heavy (non-hydrogen) atoms. The maximum Gasteiger partial charge on any atom is 0.416 e. The molecule has 0 saturated carbocycles. The lowest BCUT2D eigenvalue weighted by Crippen LogP contribution is -2.47. The number of piperazine rings is 1. The van der Waals surface area contributed by atoms with Crippen molar-refractivity contribution in [2.75, 3.05) is 26.2 Å². The number of nitrogens with zero attached hydrogens (tertiary/aromatic N) is 1. The first-order valence-corrected chi connectivity index (χ1v) is 6.43. The summed E-state index contributed by atoms with van der Waals surface area (Å²) in [4.78, 5) is 1.39. The average Bonchev–Trinajstić information content (AvgIpc) is 2.40. The third-order valence-electron chi connectivity index (χ3n) is 3.46. The number of phenolic OH excluding ortho intramolecular Hbond substituents is 1. The molecule has 1 aliphatic heterocycles. The standard InChI is InChI=1S/C13H15F5N2O/c14-12(15)11(20-5-3-19-4-6-20)9-7-8(13(16,17)18)1-2-10(9)21/h1-2,7,11-12,19,21H,3-6H2/t11-/m1/s1. The van der Waals surface area contributed by atoms with Crippen molar-refractivity contribution in [3.8, 4) is 5.75 Å². The first kappa shape index (κ1) is 16.0. The molecule has 2 N–H and O–H groups in total. The van der Waals surface area contributed by atoms with Gasteiger partial charge in [0.2, 0.25) is 0 Å². The first-order chi connectivity index (χ1) is 9.80. The normalized spacial score (nSPS) is 19.0. The minimum atomic E-state index is -4.64. The monoisotopic (exact) mass is 310 g/mol. The van der Waals surface area contributed by atoms with Gasteiger partial charge in [-0.1, -0.05) is 0 Å². The smallest absolute Gasteiger partial charge is 0.416 e. The van der Waals surface area contributed by atoms with Crippen molar-refractivity contribution in [3.63, 3.8) is 0 Å². The van der Waals surface area contributed by atoms with Gasteiger partial charge in [0.05, 0.1) is 5.56 Å². The molecule has 0 amide bonds. The Labute approximate surface area is 118 Å². The Kier molecular flexibility index (Phi) is 4.67. The molecule has 0 spiro atoms. The fourth-order valence-corrected chi connectivity index (χ4v) is 2.42. The molecular weight excluding hydrogens is 295 g/mol. The Bertz CT molecular complexity index is 486. The minimum Gasteiger partial charge on any atom is -0.508 e. The van der Waals surface area contributed by atoms with E-state index in [9.17, 15) is 27.1 Å². The van der Waals surface area contributed by atoms with Crippen molar-refractivity contribution in [1.82, 2.24) is 10.2 Å². The molecule has 0 aliphatic carbocycles. The quantitative estimate of drug-likeness (QED) is 0.843. The highest BCUT2D eigenvalue weighted by Crippen LogP contribution is 2.38. The van der Waals surface area contributed by atoms with Gasteiger partial charge in [0, 0.05) is 31.7 Å². The molecule has 0 bridgehead atoms. The Hall–Kier alpha value is -1.41. The van der Waals surface area contributed by atoms with E-state index < -0.39 is 30.0 Å². The summed E-state index contributed by atoms with van der Waals surface area (Å²) in [5.41, 5.74) is -1.43. The lowest BCUT2D eigenvalue weighted by molar-refractivity contribution is -0.137.